The maximum Gasteiger partial charge on any atom is 0.160 e. The van der Waals surface area contributed by atoms with Crippen LogP contribution in [0.25, 0.3) is 65.3 Å². The minimum atomic E-state index is -0.286. The standard InChI is InChI=1S/C40H25N3O/c1-2-13-25(14-3-1)37-40(42-31-20-10-9-19-30(31)41-37)43-32-23-22-24-12-4-5-15-26(24)35(32)36-28-17-7-6-16-27(28)34-29-18-8-11-21-33(29)44-39(34)38(36)43/h1-23,40,42H. The lowest BCUT2D eigenvalue weighted by molar-refractivity contribution is 0.666. The molecule has 1 aliphatic heterocycles. The topological polar surface area (TPSA) is 42.5 Å². The zero-order valence-corrected chi connectivity index (χ0v) is 23.7. The maximum atomic E-state index is 6.87. The number of rotatable bonds is 2. The van der Waals surface area contributed by atoms with Gasteiger partial charge < -0.3 is 14.3 Å². The van der Waals surface area contributed by atoms with E-state index >= 15 is 0 Å². The van der Waals surface area contributed by atoms with Crippen LogP contribution in [0.15, 0.2) is 149 Å². The van der Waals surface area contributed by atoms with Gasteiger partial charge in [0, 0.05) is 27.1 Å². The van der Waals surface area contributed by atoms with Crippen molar-refractivity contribution < 1.29 is 4.42 Å². The van der Waals surface area contributed by atoms with Crippen molar-refractivity contribution in [2.75, 3.05) is 5.32 Å². The van der Waals surface area contributed by atoms with Gasteiger partial charge in [-0.3, -0.25) is 0 Å². The summed E-state index contributed by atoms with van der Waals surface area (Å²) in [5, 5.41) is 13.5. The Morgan fingerprint density at radius 3 is 2.11 bits per heavy atom. The molecule has 0 bridgehead atoms. The van der Waals surface area contributed by atoms with E-state index in [1.165, 1.54) is 32.3 Å². The highest BCUT2D eigenvalue weighted by molar-refractivity contribution is 6.37. The quantitative estimate of drug-likeness (QED) is 0.227. The van der Waals surface area contributed by atoms with Gasteiger partial charge in [-0.05, 0) is 45.8 Å². The summed E-state index contributed by atoms with van der Waals surface area (Å²) < 4.78 is 9.31. The molecule has 10 rings (SSSR count). The predicted octanol–water partition coefficient (Wildman–Crippen LogP) is 10.7. The van der Waals surface area contributed by atoms with E-state index in [-0.39, 0.29) is 6.17 Å². The molecule has 0 spiro atoms. The van der Waals surface area contributed by atoms with E-state index in [1.807, 2.05) is 12.1 Å². The molecule has 3 heterocycles. The average molecular weight is 564 g/mol. The highest BCUT2D eigenvalue weighted by Crippen LogP contribution is 2.48. The van der Waals surface area contributed by atoms with E-state index in [2.05, 4.69) is 137 Å². The molecule has 0 saturated carbocycles. The molecular formula is C40H25N3O. The molecule has 4 heteroatoms. The molecule has 4 nitrogen and oxygen atoms in total. The van der Waals surface area contributed by atoms with Gasteiger partial charge in [0.15, 0.2) is 5.58 Å². The van der Waals surface area contributed by atoms with Crippen LogP contribution in [-0.4, -0.2) is 10.3 Å². The molecule has 44 heavy (non-hydrogen) atoms. The Morgan fingerprint density at radius 2 is 1.25 bits per heavy atom. The number of aliphatic imine (C=N–C) groups is 1. The third kappa shape index (κ3) is 3.14. The fourth-order valence-electron chi connectivity index (χ4n) is 7.35. The van der Waals surface area contributed by atoms with E-state index in [9.17, 15) is 0 Å². The van der Waals surface area contributed by atoms with Gasteiger partial charge in [0.2, 0.25) is 0 Å². The molecule has 0 fully saturated rings. The molecule has 0 saturated heterocycles. The molecule has 0 radical (unpaired) electrons. The molecule has 7 aromatic carbocycles. The van der Waals surface area contributed by atoms with Gasteiger partial charge in [0.25, 0.3) is 0 Å². The summed E-state index contributed by atoms with van der Waals surface area (Å²) in [4.78, 5) is 5.32. The van der Waals surface area contributed by atoms with Crippen LogP contribution in [0.5, 0.6) is 0 Å². The molecule has 9 aromatic rings. The zero-order chi connectivity index (χ0) is 28.8. The first-order valence-electron chi connectivity index (χ1n) is 15.0. The van der Waals surface area contributed by atoms with E-state index in [0.717, 1.165) is 55.6 Å². The molecular weight excluding hydrogens is 538 g/mol. The minimum absolute atomic E-state index is 0.286. The van der Waals surface area contributed by atoms with Gasteiger partial charge in [-0.15, -0.1) is 0 Å². The second-order valence-corrected chi connectivity index (χ2v) is 11.5. The monoisotopic (exact) mass is 563 g/mol. The highest BCUT2D eigenvalue weighted by Gasteiger charge is 2.31. The second-order valence-electron chi connectivity index (χ2n) is 11.5. The maximum absolute atomic E-state index is 6.87. The van der Waals surface area contributed by atoms with Crippen molar-refractivity contribution in [2.24, 2.45) is 4.99 Å². The Kier molecular flexibility index (Phi) is 4.74. The largest absolute Gasteiger partial charge is 0.454 e. The normalized spacial score (nSPS) is 14.9. The van der Waals surface area contributed by atoms with Crippen molar-refractivity contribution in [3.63, 3.8) is 0 Å². The third-order valence-electron chi connectivity index (χ3n) is 9.19. The second kappa shape index (κ2) is 8.82. The number of hydrogen-bond donors (Lipinski definition) is 1. The lowest BCUT2D eigenvalue weighted by Crippen LogP contribution is -2.30. The molecule has 2 aromatic heterocycles. The van der Waals surface area contributed by atoms with Crippen molar-refractivity contribution >= 4 is 82.4 Å². The fraction of sp³-hybridized carbons (Fsp3) is 0.0250. The zero-order valence-electron chi connectivity index (χ0n) is 23.7. The van der Waals surface area contributed by atoms with Crippen molar-refractivity contribution in [3.8, 4) is 0 Å². The summed E-state index contributed by atoms with van der Waals surface area (Å²) in [5.41, 5.74) is 7.99. The Morgan fingerprint density at radius 1 is 0.568 bits per heavy atom. The van der Waals surface area contributed by atoms with Gasteiger partial charge in [0.1, 0.15) is 11.7 Å². The molecule has 1 aliphatic rings. The van der Waals surface area contributed by atoms with Gasteiger partial charge in [-0.1, -0.05) is 115 Å². The first-order chi connectivity index (χ1) is 21.8. The molecule has 1 atom stereocenters. The third-order valence-corrected chi connectivity index (χ3v) is 9.19. The van der Waals surface area contributed by atoms with Crippen molar-refractivity contribution in [1.82, 2.24) is 4.57 Å². The smallest absolute Gasteiger partial charge is 0.160 e. The Balaban J connectivity index is 1.46. The van der Waals surface area contributed by atoms with Crippen LogP contribution in [0.3, 0.4) is 0 Å². The van der Waals surface area contributed by atoms with Crippen LogP contribution in [0.2, 0.25) is 0 Å². The summed E-state index contributed by atoms with van der Waals surface area (Å²) in [6, 6.07) is 49.2. The number of hydrogen-bond acceptors (Lipinski definition) is 3. The number of para-hydroxylation sites is 3. The van der Waals surface area contributed by atoms with E-state index in [1.54, 1.807) is 0 Å². The van der Waals surface area contributed by atoms with Crippen molar-refractivity contribution in [1.29, 1.82) is 0 Å². The minimum Gasteiger partial charge on any atom is -0.454 e. The van der Waals surface area contributed by atoms with Crippen LogP contribution in [-0.2, 0) is 0 Å². The fourth-order valence-corrected chi connectivity index (χ4v) is 7.35. The Hall–Kier alpha value is -5.87. The number of nitrogens with one attached hydrogen (secondary N) is 1. The van der Waals surface area contributed by atoms with Crippen molar-refractivity contribution in [3.05, 3.63) is 145 Å². The number of benzene rings is 7. The summed E-state index contributed by atoms with van der Waals surface area (Å²) >= 11 is 0. The molecule has 206 valence electrons. The molecule has 1 unspecified atom stereocenters. The number of anilines is 1. The van der Waals surface area contributed by atoms with Crippen LogP contribution in [0.1, 0.15) is 11.7 Å². The van der Waals surface area contributed by atoms with E-state index < -0.39 is 0 Å². The van der Waals surface area contributed by atoms with Gasteiger partial charge in [-0.25, -0.2) is 4.99 Å². The van der Waals surface area contributed by atoms with Crippen LogP contribution in [0.4, 0.5) is 11.4 Å². The first kappa shape index (κ1) is 23.7. The van der Waals surface area contributed by atoms with Crippen LogP contribution >= 0.6 is 0 Å². The predicted molar refractivity (Wildman–Crippen MR) is 183 cm³/mol. The summed E-state index contributed by atoms with van der Waals surface area (Å²) in [6.45, 7) is 0. The number of aromatic nitrogens is 1. The van der Waals surface area contributed by atoms with Gasteiger partial charge in [0.05, 0.1) is 28.1 Å². The number of nitrogens with zero attached hydrogens (tertiary/aromatic N) is 2. The van der Waals surface area contributed by atoms with E-state index in [4.69, 9.17) is 9.41 Å². The van der Waals surface area contributed by atoms with Gasteiger partial charge >= 0.3 is 0 Å². The molecule has 0 aliphatic carbocycles. The number of furan rings is 1. The Labute approximate surface area is 252 Å². The summed E-state index contributed by atoms with van der Waals surface area (Å²) in [6.07, 6.45) is -0.286. The van der Waals surface area contributed by atoms with Crippen LogP contribution < -0.4 is 5.32 Å². The molecule has 0 amide bonds. The van der Waals surface area contributed by atoms with Crippen LogP contribution in [0, 0.1) is 0 Å². The highest BCUT2D eigenvalue weighted by atomic mass is 16.3. The first-order valence-corrected chi connectivity index (χ1v) is 15.0. The Bertz CT molecular complexity index is 2640. The molecule has 1 N–H and O–H groups in total. The lowest BCUT2D eigenvalue weighted by Gasteiger charge is -2.30. The lowest BCUT2D eigenvalue weighted by atomic mass is 9.97. The summed E-state index contributed by atoms with van der Waals surface area (Å²) in [7, 11) is 0. The summed E-state index contributed by atoms with van der Waals surface area (Å²) in [5.74, 6) is 0. The van der Waals surface area contributed by atoms with Gasteiger partial charge in [-0.2, -0.15) is 0 Å². The number of fused-ring (bicyclic) bond motifs is 13. The average Bonchev–Trinajstić information content (AvgIpc) is 3.65. The van der Waals surface area contributed by atoms with E-state index in [0.29, 0.717) is 0 Å². The van der Waals surface area contributed by atoms with Crippen molar-refractivity contribution in [2.45, 2.75) is 6.17 Å². The SMILES string of the molecule is c1ccc(C2=Nc3ccccc3NC2n2c3ccc4ccccc4c3c3c4ccccc4c4c5ccccc5oc4c32)cc1.